The van der Waals surface area contributed by atoms with Crippen molar-refractivity contribution >= 4 is 31.2 Å². The molecule has 4 heteroatoms. The van der Waals surface area contributed by atoms with Crippen LogP contribution >= 0.6 is 0 Å². The van der Waals surface area contributed by atoms with Crippen LogP contribution in [-0.4, -0.2) is 31.0 Å². The predicted molar refractivity (Wildman–Crippen MR) is 195 cm³/mol. The van der Waals surface area contributed by atoms with Crippen LogP contribution < -0.4 is 4.46 Å². The fourth-order valence-electron chi connectivity index (χ4n) is 5.98. The van der Waals surface area contributed by atoms with Gasteiger partial charge in [0.05, 0.1) is 0 Å². The monoisotopic (exact) mass is 666 g/mol. The van der Waals surface area contributed by atoms with E-state index in [1.165, 1.54) is 22.3 Å². The van der Waals surface area contributed by atoms with E-state index in [-0.39, 0.29) is 0 Å². The van der Waals surface area contributed by atoms with Gasteiger partial charge in [0.25, 0.3) is 0 Å². The van der Waals surface area contributed by atoms with Crippen molar-refractivity contribution in [3.63, 3.8) is 0 Å². The first-order valence-electron chi connectivity index (χ1n) is 15.6. The zero-order valence-electron chi connectivity index (χ0n) is 25.4. The van der Waals surface area contributed by atoms with Crippen molar-refractivity contribution < 1.29 is 0 Å². The molecule has 0 aliphatic carbocycles. The quantitative estimate of drug-likeness (QED) is 0.166. The van der Waals surface area contributed by atoms with Crippen molar-refractivity contribution in [1.82, 2.24) is 15.0 Å². The van der Waals surface area contributed by atoms with E-state index >= 15 is 0 Å². The van der Waals surface area contributed by atoms with E-state index in [2.05, 4.69) is 125 Å². The molecule has 3 nitrogen and oxygen atoms in total. The Morgan fingerprint density at radius 1 is 0.298 bits per heavy atom. The van der Waals surface area contributed by atoms with Crippen LogP contribution in [0.4, 0.5) is 0 Å². The Balaban J connectivity index is 1.20. The van der Waals surface area contributed by atoms with Gasteiger partial charge in [-0.1, -0.05) is 36.4 Å². The number of fused-ring (bicyclic) bond motifs is 1. The Morgan fingerprint density at radius 3 is 1.32 bits per heavy atom. The van der Waals surface area contributed by atoms with Gasteiger partial charge in [-0.25, -0.2) is 0 Å². The van der Waals surface area contributed by atoms with Crippen molar-refractivity contribution in [2.45, 2.75) is 0 Å². The van der Waals surface area contributed by atoms with Gasteiger partial charge in [-0.2, -0.15) is 0 Å². The Kier molecular flexibility index (Phi) is 7.72. The molecule has 1 radical (unpaired) electrons. The van der Waals surface area contributed by atoms with E-state index in [0.717, 1.165) is 43.1 Å². The van der Waals surface area contributed by atoms with Crippen LogP contribution in [0.5, 0.6) is 0 Å². The van der Waals surface area contributed by atoms with E-state index < -0.39 is 0 Å². The fourth-order valence-corrected chi connectivity index (χ4v) is 6.76. The summed E-state index contributed by atoms with van der Waals surface area (Å²) in [6.07, 6.45) is 0. The van der Waals surface area contributed by atoms with Gasteiger partial charge in [0.1, 0.15) is 0 Å². The number of aromatic nitrogens is 3. The van der Waals surface area contributed by atoms with Crippen molar-refractivity contribution in [3.8, 4) is 67.5 Å². The zero-order chi connectivity index (χ0) is 31.6. The van der Waals surface area contributed by atoms with Gasteiger partial charge in [-0.3, -0.25) is 0 Å². The van der Waals surface area contributed by atoms with Crippen LogP contribution in [0.1, 0.15) is 0 Å². The molecule has 47 heavy (non-hydrogen) atoms. The molecule has 1 aromatic heterocycles. The predicted octanol–water partition coefficient (Wildman–Crippen LogP) is 9.82. The van der Waals surface area contributed by atoms with Crippen molar-refractivity contribution in [1.29, 1.82) is 0 Å². The molecule has 1 heterocycles. The summed E-state index contributed by atoms with van der Waals surface area (Å²) in [5, 5.41) is 2.28. The minimum atomic E-state index is 0.648. The third-order valence-electron chi connectivity index (χ3n) is 8.40. The summed E-state index contributed by atoms with van der Waals surface area (Å²) in [5.74, 6) is 1.96. The number of rotatable bonds is 6. The number of hydrogen-bond donors (Lipinski definition) is 0. The van der Waals surface area contributed by atoms with E-state index in [0.29, 0.717) is 17.5 Å². The van der Waals surface area contributed by atoms with Crippen molar-refractivity contribution in [2.75, 3.05) is 0 Å². The fraction of sp³-hybridized carbons (Fsp3) is 0. The van der Waals surface area contributed by atoms with Crippen LogP contribution in [0.25, 0.3) is 78.3 Å². The summed E-state index contributed by atoms with van der Waals surface area (Å²) >= 11 is 3.40. The standard InChI is InChI=1S/C43H28N3Se/c47-40-38(34-19-10-18-33(26-34)29-12-4-1-5-13-29)20-11-21-39(40)35-24-22-30-23-25-36(28-37(30)27-35)43-45-41(31-14-6-2-7-15-31)44-42(46-43)32-16-8-3-9-17-32/h1-28H. The second-order valence-electron chi connectivity index (χ2n) is 11.4. The Bertz CT molecular complexity index is 2300. The second kappa shape index (κ2) is 12.6. The molecular formula is C43H28N3Se. The molecule has 221 valence electrons. The van der Waals surface area contributed by atoms with Gasteiger partial charge in [0.2, 0.25) is 0 Å². The third-order valence-corrected chi connectivity index (χ3v) is 9.33. The summed E-state index contributed by atoms with van der Waals surface area (Å²) in [6, 6.07) is 59.0. The molecule has 0 unspecified atom stereocenters. The van der Waals surface area contributed by atoms with E-state index in [4.69, 9.17) is 15.0 Å². The Hall–Kier alpha value is -5.67. The second-order valence-corrected chi connectivity index (χ2v) is 12.3. The van der Waals surface area contributed by atoms with E-state index in [1.54, 1.807) is 0 Å². The molecule has 7 aromatic carbocycles. The average molecular weight is 666 g/mol. The molecule has 0 N–H and O–H groups in total. The topological polar surface area (TPSA) is 38.7 Å². The Morgan fingerprint density at radius 2 is 0.723 bits per heavy atom. The van der Waals surface area contributed by atoms with E-state index in [1.807, 2.05) is 60.7 Å². The Labute approximate surface area is 282 Å². The first-order chi connectivity index (χ1) is 23.2. The molecule has 0 amide bonds. The normalized spacial score (nSPS) is 11.1. The SMILES string of the molecule is [Se]c1c(-c2cccc(-c3ccccc3)c2)cccc1-c1ccc2ccc(-c3nc(-c4ccccc4)nc(-c4ccccc4)n3)cc2c1. The number of nitrogens with zero attached hydrogens (tertiary/aromatic N) is 3. The molecule has 0 spiro atoms. The van der Waals surface area contributed by atoms with Crippen molar-refractivity contribution in [2.24, 2.45) is 0 Å². The molecule has 8 aromatic rings. The van der Waals surface area contributed by atoms with Crippen LogP contribution in [0, 0.1) is 0 Å². The van der Waals surface area contributed by atoms with Crippen LogP contribution in [0.3, 0.4) is 0 Å². The van der Waals surface area contributed by atoms with Gasteiger partial charge in [0.15, 0.2) is 0 Å². The molecular weight excluding hydrogens is 637 g/mol. The number of benzene rings is 7. The van der Waals surface area contributed by atoms with Gasteiger partial charge >= 0.3 is 247 Å². The minimum absolute atomic E-state index is 0.648. The molecule has 0 atom stereocenters. The molecule has 0 aliphatic heterocycles. The molecule has 0 bridgehead atoms. The van der Waals surface area contributed by atoms with Crippen molar-refractivity contribution in [3.05, 3.63) is 170 Å². The average Bonchev–Trinajstić information content (AvgIpc) is 3.15. The molecule has 8 rings (SSSR count). The van der Waals surface area contributed by atoms with Crippen LogP contribution in [-0.2, 0) is 0 Å². The first kappa shape index (κ1) is 28.8. The third kappa shape index (κ3) is 5.89. The van der Waals surface area contributed by atoms with Gasteiger partial charge < -0.3 is 0 Å². The summed E-state index contributed by atoms with van der Waals surface area (Å²) in [6.45, 7) is 0. The molecule has 0 saturated carbocycles. The zero-order valence-corrected chi connectivity index (χ0v) is 27.1. The van der Waals surface area contributed by atoms with Crippen LogP contribution in [0.2, 0.25) is 0 Å². The van der Waals surface area contributed by atoms with Gasteiger partial charge in [-0.05, 0) is 0 Å². The summed E-state index contributed by atoms with van der Waals surface area (Å²) in [7, 11) is 0. The van der Waals surface area contributed by atoms with E-state index in [9.17, 15) is 0 Å². The summed E-state index contributed by atoms with van der Waals surface area (Å²) < 4.78 is 1.13. The maximum atomic E-state index is 4.95. The maximum absolute atomic E-state index is 4.95. The summed E-state index contributed by atoms with van der Waals surface area (Å²) in [4.78, 5) is 14.8. The van der Waals surface area contributed by atoms with Crippen LogP contribution in [0.15, 0.2) is 170 Å². The number of hydrogen-bond acceptors (Lipinski definition) is 3. The first-order valence-corrected chi connectivity index (χ1v) is 16.4. The molecule has 0 saturated heterocycles. The van der Waals surface area contributed by atoms with Gasteiger partial charge in [0, 0.05) is 0 Å². The van der Waals surface area contributed by atoms with Gasteiger partial charge in [-0.15, -0.1) is 0 Å². The molecule has 0 aliphatic rings. The molecule has 0 fully saturated rings. The summed E-state index contributed by atoms with van der Waals surface area (Å²) in [5.41, 5.74) is 9.95.